The largest absolute Gasteiger partial charge is 0.480 e. The predicted octanol–water partition coefficient (Wildman–Crippen LogP) is 3.11. The van der Waals surface area contributed by atoms with Crippen LogP contribution in [0.2, 0.25) is 0 Å². The molecule has 1 aliphatic carbocycles. The summed E-state index contributed by atoms with van der Waals surface area (Å²) in [5.74, 6) is -1.24. The van der Waals surface area contributed by atoms with Crippen LogP contribution in [0.15, 0.2) is 24.3 Å². The topological polar surface area (TPSA) is 66.4 Å². The third kappa shape index (κ3) is 3.26. The number of carboxylic acid groups (broad SMARTS) is 1. The molecule has 0 aromatic heterocycles. The van der Waals surface area contributed by atoms with Crippen molar-refractivity contribution >= 4 is 11.9 Å². The number of amides is 1. The molecule has 0 atom stereocenters. The highest BCUT2D eigenvalue weighted by Gasteiger charge is 2.42. The fourth-order valence-electron chi connectivity index (χ4n) is 2.78. The van der Waals surface area contributed by atoms with E-state index < -0.39 is 11.5 Å². The standard InChI is InChI=1S/C17H23NO3/c1-16(2,3)13-8-6-12(7-9-13)14(19)18-17(15(20)21)10-4-5-11-17/h6-9H,4-5,10-11H2,1-3H3,(H,18,19)(H,20,21). The van der Waals surface area contributed by atoms with E-state index >= 15 is 0 Å². The Bertz CT molecular complexity index is 534. The Hall–Kier alpha value is -1.84. The lowest BCUT2D eigenvalue weighted by atomic mass is 9.86. The van der Waals surface area contributed by atoms with E-state index in [4.69, 9.17) is 0 Å². The quantitative estimate of drug-likeness (QED) is 0.898. The van der Waals surface area contributed by atoms with Gasteiger partial charge in [-0.2, -0.15) is 0 Å². The Kier molecular flexibility index (Phi) is 4.08. The minimum atomic E-state index is -1.08. The van der Waals surface area contributed by atoms with Crippen LogP contribution in [0.4, 0.5) is 0 Å². The summed E-state index contributed by atoms with van der Waals surface area (Å²) in [7, 11) is 0. The molecule has 0 spiro atoms. The molecule has 1 aromatic carbocycles. The van der Waals surface area contributed by atoms with E-state index in [1.807, 2.05) is 12.1 Å². The van der Waals surface area contributed by atoms with E-state index in [1.54, 1.807) is 12.1 Å². The summed E-state index contributed by atoms with van der Waals surface area (Å²) in [6.45, 7) is 6.33. The maximum absolute atomic E-state index is 12.3. The smallest absolute Gasteiger partial charge is 0.329 e. The molecule has 1 aromatic rings. The number of carbonyl (C=O) groups excluding carboxylic acids is 1. The molecule has 114 valence electrons. The molecular weight excluding hydrogens is 266 g/mol. The molecule has 0 saturated heterocycles. The van der Waals surface area contributed by atoms with Crippen molar-refractivity contribution in [3.8, 4) is 0 Å². The van der Waals surface area contributed by atoms with Crippen molar-refractivity contribution in [3.05, 3.63) is 35.4 Å². The average molecular weight is 289 g/mol. The van der Waals surface area contributed by atoms with E-state index in [9.17, 15) is 14.7 Å². The average Bonchev–Trinajstić information content (AvgIpc) is 2.88. The van der Waals surface area contributed by atoms with Crippen molar-refractivity contribution in [2.24, 2.45) is 0 Å². The summed E-state index contributed by atoms with van der Waals surface area (Å²) >= 11 is 0. The second-order valence-corrected chi connectivity index (χ2v) is 6.88. The van der Waals surface area contributed by atoms with Gasteiger partial charge in [0.25, 0.3) is 5.91 Å². The molecule has 21 heavy (non-hydrogen) atoms. The van der Waals surface area contributed by atoms with Crippen LogP contribution in [0.5, 0.6) is 0 Å². The van der Waals surface area contributed by atoms with Gasteiger partial charge in [-0.05, 0) is 36.0 Å². The summed E-state index contributed by atoms with van der Waals surface area (Å²) in [5, 5.41) is 12.1. The lowest BCUT2D eigenvalue weighted by molar-refractivity contribution is -0.144. The second-order valence-electron chi connectivity index (χ2n) is 6.88. The van der Waals surface area contributed by atoms with Crippen molar-refractivity contribution in [1.29, 1.82) is 0 Å². The Morgan fingerprint density at radius 2 is 1.62 bits per heavy atom. The first-order valence-corrected chi connectivity index (χ1v) is 7.41. The monoisotopic (exact) mass is 289 g/mol. The molecule has 1 saturated carbocycles. The Labute approximate surface area is 125 Å². The fraction of sp³-hybridized carbons (Fsp3) is 0.529. The molecule has 1 amide bonds. The number of nitrogens with one attached hydrogen (secondary N) is 1. The van der Waals surface area contributed by atoms with Gasteiger partial charge in [0.1, 0.15) is 5.54 Å². The Morgan fingerprint density at radius 3 is 2.05 bits per heavy atom. The molecule has 2 N–H and O–H groups in total. The van der Waals surface area contributed by atoms with Gasteiger partial charge in [0.15, 0.2) is 0 Å². The van der Waals surface area contributed by atoms with Crippen LogP contribution in [-0.2, 0) is 10.2 Å². The lowest BCUT2D eigenvalue weighted by Gasteiger charge is -2.25. The van der Waals surface area contributed by atoms with Crippen LogP contribution in [0.1, 0.15) is 62.4 Å². The van der Waals surface area contributed by atoms with Crippen LogP contribution < -0.4 is 5.32 Å². The van der Waals surface area contributed by atoms with Gasteiger partial charge in [-0.3, -0.25) is 4.79 Å². The lowest BCUT2D eigenvalue weighted by Crippen LogP contribution is -2.52. The van der Waals surface area contributed by atoms with Gasteiger partial charge < -0.3 is 10.4 Å². The summed E-state index contributed by atoms with van der Waals surface area (Å²) in [5.41, 5.74) is 0.603. The number of carboxylic acids is 1. The van der Waals surface area contributed by atoms with Crippen LogP contribution in [-0.4, -0.2) is 22.5 Å². The van der Waals surface area contributed by atoms with Gasteiger partial charge in [0.05, 0.1) is 0 Å². The van der Waals surface area contributed by atoms with Gasteiger partial charge in [0.2, 0.25) is 0 Å². The molecular formula is C17H23NO3. The van der Waals surface area contributed by atoms with Crippen molar-refractivity contribution in [1.82, 2.24) is 5.32 Å². The molecule has 4 nitrogen and oxygen atoms in total. The minimum Gasteiger partial charge on any atom is -0.480 e. The zero-order valence-electron chi connectivity index (χ0n) is 12.9. The molecule has 2 rings (SSSR count). The second kappa shape index (κ2) is 5.51. The van der Waals surface area contributed by atoms with Gasteiger partial charge in [0, 0.05) is 5.56 Å². The molecule has 0 aliphatic heterocycles. The Balaban J connectivity index is 2.15. The number of aliphatic carboxylic acids is 1. The third-order valence-electron chi connectivity index (χ3n) is 4.23. The van der Waals surface area contributed by atoms with Crippen LogP contribution in [0.25, 0.3) is 0 Å². The highest BCUT2D eigenvalue weighted by Crippen LogP contribution is 2.30. The molecule has 1 fully saturated rings. The SMILES string of the molecule is CC(C)(C)c1ccc(C(=O)NC2(C(=O)O)CCCC2)cc1. The van der Waals surface area contributed by atoms with E-state index in [2.05, 4.69) is 26.1 Å². The first-order valence-electron chi connectivity index (χ1n) is 7.41. The summed E-state index contributed by atoms with van der Waals surface area (Å²) < 4.78 is 0. The first-order chi connectivity index (χ1) is 9.74. The predicted molar refractivity (Wildman–Crippen MR) is 81.4 cm³/mol. The zero-order valence-corrected chi connectivity index (χ0v) is 12.9. The minimum absolute atomic E-state index is 0.0305. The number of hydrogen-bond donors (Lipinski definition) is 2. The van der Waals surface area contributed by atoms with E-state index in [1.165, 1.54) is 0 Å². The highest BCUT2D eigenvalue weighted by atomic mass is 16.4. The van der Waals surface area contributed by atoms with Crippen molar-refractivity contribution in [3.63, 3.8) is 0 Å². The van der Waals surface area contributed by atoms with Crippen molar-refractivity contribution < 1.29 is 14.7 Å². The first kappa shape index (κ1) is 15.5. The number of hydrogen-bond acceptors (Lipinski definition) is 2. The van der Waals surface area contributed by atoms with E-state index in [0.717, 1.165) is 18.4 Å². The molecule has 0 heterocycles. The third-order valence-corrected chi connectivity index (χ3v) is 4.23. The summed E-state index contributed by atoms with van der Waals surface area (Å²) in [6.07, 6.45) is 2.70. The normalized spacial score (nSPS) is 17.5. The number of carbonyl (C=O) groups is 2. The van der Waals surface area contributed by atoms with Crippen molar-refractivity contribution in [2.45, 2.75) is 57.4 Å². The van der Waals surface area contributed by atoms with Gasteiger partial charge in [-0.1, -0.05) is 45.7 Å². The fourth-order valence-corrected chi connectivity index (χ4v) is 2.78. The van der Waals surface area contributed by atoms with Crippen molar-refractivity contribution in [2.75, 3.05) is 0 Å². The van der Waals surface area contributed by atoms with Gasteiger partial charge in [-0.25, -0.2) is 4.79 Å². The molecule has 0 unspecified atom stereocenters. The van der Waals surface area contributed by atoms with E-state index in [-0.39, 0.29) is 11.3 Å². The van der Waals surface area contributed by atoms with E-state index in [0.29, 0.717) is 18.4 Å². The Morgan fingerprint density at radius 1 is 1.10 bits per heavy atom. The van der Waals surface area contributed by atoms with Gasteiger partial charge >= 0.3 is 5.97 Å². The zero-order chi connectivity index (χ0) is 15.7. The molecule has 1 aliphatic rings. The maximum Gasteiger partial charge on any atom is 0.329 e. The number of rotatable bonds is 3. The number of benzene rings is 1. The molecule has 0 radical (unpaired) electrons. The van der Waals surface area contributed by atoms with Crippen LogP contribution in [0.3, 0.4) is 0 Å². The van der Waals surface area contributed by atoms with Gasteiger partial charge in [-0.15, -0.1) is 0 Å². The van der Waals surface area contributed by atoms with Crippen LogP contribution in [0, 0.1) is 0 Å². The summed E-state index contributed by atoms with van der Waals surface area (Å²) in [6, 6.07) is 7.38. The summed E-state index contributed by atoms with van der Waals surface area (Å²) in [4.78, 5) is 23.8. The molecule has 0 bridgehead atoms. The van der Waals surface area contributed by atoms with Crippen LogP contribution >= 0.6 is 0 Å². The highest BCUT2D eigenvalue weighted by molar-refractivity contribution is 5.98. The molecule has 4 heteroatoms. The maximum atomic E-state index is 12.3.